The van der Waals surface area contributed by atoms with E-state index in [1.165, 1.54) is 17.5 Å². The van der Waals surface area contributed by atoms with Gasteiger partial charge in [0.1, 0.15) is 5.69 Å². The number of nitrogens with one attached hydrogen (secondary N) is 2. The molecule has 0 fully saturated rings. The molecule has 0 aliphatic rings. The van der Waals surface area contributed by atoms with Gasteiger partial charge in [-0.2, -0.15) is 0 Å². The summed E-state index contributed by atoms with van der Waals surface area (Å²) >= 11 is 7.20. The lowest BCUT2D eigenvalue weighted by Crippen LogP contribution is -2.41. The van der Waals surface area contributed by atoms with Crippen molar-refractivity contribution in [3.05, 3.63) is 76.4 Å². The molecule has 2 N–H and O–H groups in total. The second kappa shape index (κ2) is 7.25. The van der Waals surface area contributed by atoms with Gasteiger partial charge in [0.2, 0.25) is 0 Å². The minimum atomic E-state index is -0.474. The fourth-order valence-electron chi connectivity index (χ4n) is 1.97. The predicted molar refractivity (Wildman–Crippen MR) is 93.9 cm³/mol. The molecule has 24 heavy (non-hydrogen) atoms. The first-order chi connectivity index (χ1) is 11.6. The van der Waals surface area contributed by atoms with Crippen LogP contribution < -0.4 is 10.9 Å². The molecule has 0 bridgehead atoms. The van der Waals surface area contributed by atoms with Gasteiger partial charge in [-0.25, -0.2) is 0 Å². The summed E-state index contributed by atoms with van der Waals surface area (Å²) in [6.45, 7) is 0. The van der Waals surface area contributed by atoms with Gasteiger partial charge < -0.3 is 0 Å². The van der Waals surface area contributed by atoms with Gasteiger partial charge in [0, 0.05) is 16.1 Å². The first-order valence-corrected chi connectivity index (χ1v) is 8.20. The van der Waals surface area contributed by atoms with E-state index in [0.717, 1.165) is 10.4 Å². The van der Waals surface area contributed by atoms with Crippen molar-refractivity contribution in [2.45, 2.75) is 0 Å². The van der Waals surface area contributed by atoms with Crippen LogP contribution in [0.1, 0.15) is 20.2 Å². The Kier molecular flexibility index (Phi) is 4.88. The van der Waals surface area contributed by atoms with Gasteiger partial charge in [0.05, 0.1) is 4.88 Å². The quantitative estimate of drug-likeness (QED) is 0.704. The molecular formula is C17H12ClN3O2S. The summed E-state index contributed by atoms with van der Waals surface area (Å²) in [6.07, 6.45) is 1.51. The lowest BCUT2D eigenvalue weighted by molar-refractivity contribution is 0.0846. The fourth-order valence-corrected chi connectivity index (χ4v) is 3.00. The molecule has 120 valence electrons. The number of benzene rings is 1. The molecule has 3 aromatic rings. The Morgan fingerprint density at radius 2 is 1.67 bits per heavy atom. The Labute approximate surface area is 147 Å². The summed E-state index contributed by atoms with van der Waals surface area (Å²) in [6, 6.07) is 15.9. The third-order valence-corrected chi connectivity index (χ3v) is 4.53. The molecule has 0 saturated heterocycles. The summed E-state index contributed by atoms with van der Waals surface area (Å²) in [5, 5.41) is 0.658. The standard InChI is InChI=1S/C17H12ClN3O2S/c18-12-6-4-11(5-7-12)14-8-9-15(24-14)17(23)21-20-16(22)13-3-1-2-10-19-13/h1-10H,(H,20,22)(H,21,23). The number of carbonyl (C=O) groups excluding carboxylic acids is 2. The molecule has 2 aromatic heterocycles. The van der Waals surface area contributed by atoms with Crippen molar-refractivity contribution >= 4 is 34.8 Å². The van der Waals surface area contributed by atoms with Gasteiger partial charge in [-0.05, 0) is 42.0 Å². The van der Waals surface area contributed by atoms with E-state index in [1.807, 2.05) is 18.2 Å². The number of hydrazine groups is 1. The van der Waals surface area contributed by atoms with Crippen LogP contribution in [-0.4, -0.2) is 16.8 Å². The molecule has 5 nitrogen and oxygen atoms in total. The number of pyridine rings is 1. The third kappa shape index (κ3) is 3.79. The van der Waals surface area contributed by atoms with Crippen LogP contribution in [0, 0.1) is 0 Å². The summed E-state index contributed by atoms with van der Waals surface area (Å²) in [7, 11) is 0. The third-order valence-electron chi connectivity index (χ3n) is 3.15. The van der Waals surface area contributed by atoms with Crippen molar-refractivity contribution in [2.75, 3.05) is 0 Å². The van der Waals surface area contributed by atoms with E-state index in [9.17, 15) is 9.59 Å². The second-order valence-electron chi connectivity index (χ2n) is 4.79. The van der Waals surface area contributed by atoms with E-state index in [2.05, 4.69) is 15.8 Å². The number of hydrogen-bond donors (Lipinski definition) is 2. The van der Waals surface area contributed by atoms with Crippen LogP contribution in [-0.2, 0) is 0 Å². The maximum Gasteiger partial charge on any atom is 0.288 e. The van der Waals surface area contributed by atoms with Crippen molar-refractivity contribution in [2.24, 2.45) is 0 Å². The summed E-state index contributed by atoms with van der Waals surface area (Å²) < 4.78 is 0. The minimum Gasteiger partial charge on any atom is -0.266 e. The average Bonchev–Trinajstić information content (AvgIpc) is 3.11. The highest BCUT2D eigenvalue weighted by molar-refractivity contribution is 7.17. The maximum absolute atomic E-state index is 12.1. The van der Waals surface area contributed by atoms with Crippen molar-refractivity contribution in [1.29, 1.82) is 0 Å². The summed E-state index contributed by atoms with van der Waals surface area (Å²) in [5.74, 6) is -0.858. The van der Waals surface area contributed by atoms with Gasteiger partial charge in [0.25, 0.3) is 11.8 Å². The SMILES string of the molecule is O=C(NNC(=O)c1ccc(-c2ccc(Cl)cc2)s1)c1ccccn1. The molecule has 0 atom stereocenters. The van der Waals surface area contributed by atoms with Crippen molar-refractivity contribution in [3.8, 4) is 10.4 Å². The van der Waals surface area contributed by atoms with E-state index < -0.39 is 5.91 Å². The highest BCUT2D eigenvalue weighted by Gasteiger charge is 2.12. The molecule has 1 aromatic carbocycles. The van der Waals surface area contributed by atoms with E-state index in [1.54, 1.807) is 36.4 Å². The normalized spacial score (nSPS) is 10.2. The Bertz CT molecular complexity index is 863. The zero-order chi connectivity index (χ0) is 16.9. The number of carbonyl (C=O) groups is 2. The van der Waals surface area contributed by atoms with Crippen LogP contribution in [0.2, 0.25) is 5.02 Å². The van der Waals surface area contributed by atoms with Gasteiger partial charge in [-0.3, -0.25) is 25.4 Å². The number of thiophene rings is 1. The van der Waals surface area contributed by atoms with E-state index in [4.69, 9.17) is 11.6 Å². The number of nitrogens with zero attached hydrogens (tertiary/aromatic N) is 1. The zero-order valence-electron chi connectivity index (χ0n) is 12.3. The summed E-state index contributed by atoms with van der Waals surface area (Å²) in [5.41, 5.74) is 5.92. The number of halogens is 1. The Morgan fingerprint density at radius 1 is 0.917 bits per heavy atom. The van der Waals surface area contributed by atoms with Gasteiger partial charge in [0.15, 0.2) is 0 Å². The van der Waals surface area contributed by atoms with Gasteiger partial charge in [-0.15, -0.1) is 11.3 Å². The fraction of sp³-hybridized carbons (Fsp3) is 0. The number of rotatable bonds is 3. The first kappa shape index (κ1) is 16.2. The smallest absolute Gasteiger partial charge is 0.266 e. The van der Waals surface area contributed by atoms with Crippen LogP contribution in [0.3, 0.4) is 0 Å². The first-order valence-electron chi connectivity index (χ1n) is 7.01. The number of hydrogen-bond acceptors (Lipinski definition) is 4. The molecule has 0 spiro atoms. The van der Waals surface area contributed by atoms with Gasteiger partial charge in [-0.1, -0.05) is 29.8 Å². The highest BCUT2D eigenvalue weighted by Crippen LogP contribution is 2.28. The Balaban J connectivity index is 1.64. The van der Waals surface area contributed by atoms with Crippen LogP contribution in [0.5, 0.6) is 0 Å². The van der Waals surface area contributed by atoms with E-state index in [0.29, 0.717) is 9.90 Å². The molecule has 3 rings (SSSR count). The largest absolute Gasteiger partial charge is 0.288 e. The van der Waals surface area contributed by atoms with Crippen LogP contribution in [0.4, 0.5) is 0 Å². The molecule has 2 heterocycles. The summed E-state index contributed by atoms with van der Waals surface area (Å²) in [4.78, 5) is 29.3. The number of amides is 2. The Hall–Kier alpha value is -2.70. The lowest BCUT2D eigenvalue weighted by atomic mass is 10.2. The van der Waals surface area contributed by atoms with Crippen LogP contribution in [0.15, 0.2) is 60.8 Å². The zero-order valence-corrected chi connectivity index (χ0v) is 13.9. The lowest BCUT2D eigenvalue weighted by Gasteiger charge is -2.05. The van der Waals surface area contributed by atoms with Crippen molar-refractivity contribution < 1.29 is 9.59 Å². The minimum absolute atomic E-state index is 0.228. The van der Waals surface area contributed by atoms with E-state index in [-0.39, 0.29) is 11.6 Å². The van der Waals surface area contributed by atoms with Gasteiger partial charge >= 0.3 is 0 Å². The second-order valence-corrected chi connectivity index (χ2v) is 6.31. The number of aromatic nitrogens is 1. The molecule has 2 amide bonds. The highest BCUT2D eigenvalue weighted by atomic mass is 35.5. The van der Waals surface area contributed by atoms with Crippen molar-refractivity contribution in [1.82, 2.24) is 15.8 Å². The molecule has 0 saturated carbocycles. The maximum atomic E-state index is 12.1. The Morgan fingerprint density at radius 3 is 2.38 bits per heavy atom. The van der Waals surface area contributed by atoms with E-state index >= 15 is 0 Å². The van der Waals surface area contributed by atoms with Crippen LogP contribution in [0.25, 0.3) is 10.4 Å². The van der Waals surface area contributed by atoms with Crippen LogP contribution >= 0.6 is 22.9 Å². The molecule has 0 aliphatic carbocycles. The predicted octanol–water partition coefficient (Wildman–Crippen LogP) is 3.54. The molecule has 0 unspecified atom stereocenters. The average molecular weight is 358 g/mol. The molecular weight excluding hydrogens is 346 g/mol. The molecule has 7 heteroatoms. The molecule has 0 radical (unpaired) electrons. The topological polar surface area (TPSA) is 71.1 Å². The van der Waals surface area contributed by atoms with Crippen molar-refractivity contribution in [3.63, 3.8) is 0 Å². The monoisotopic (exact) mass is 357 g/mol. The molecule has 0 aliphatic heterocycles.